The molecule has 0 aliphatic heterocycles. The fourth-order valence-electron chi connectivity index (χ4n) is 2.06. The highest BCUT2D eigenvalue weighted by Crippen LogP contribution is 2.38. The van der Waals surface area contributed by atoms with Crippen LogP contribution < -0.4 is 14.8 Å². The van der Waals surface area contributed by atoms with Crippen molar-refractivity contribution in [2.45, 2.75) is 12.5 Å². The summed E-state index contributed by atoms with van der Waals surface area (Å²) in [6.07, 6.45) is 2.71. The Kier molecular flexibility index (Phi) is 5.53. The maximum atomic E-state index is 6.21. The van der Waals surface area contributed by atoms with Gasteiger partial charge in [-0.05, 0) is 23.9 Å². The molecule has 2 aromatic rings. The van der Waals surface area contributed by atoms with Crippen molar-refractivity contribution in [3.05, 3.63) is 52.2 Å². The highest BCUT2D eigenvalue weighted by molar-refractivity contribution is 7.10. The molecule has 0 amide bonds. The van der Waals surface area contributed by atoms with E-state index in [4.69, 9.17) is 21.1 Å². The fraction of sp³-hybridized carbons (Fsp3) is 0.250. The number of halogens is 1. The van der Waals surface area contributed by atoms with Crippen molar-refractivity contribution in [1.82, 2.24) is 0 Å². The Morgan fingerprint density at radius 3 is 2.67 bits per heavy atom. The van der Waals surface area contributed by atoms with Crippen LogP contribution in [0, 0.1) is 0 Å². The maximum absolute atomic E-state index is 6.21. The smallest absolute Gasteiger partial charge is 0.145 e. The third-order valence-corrected chi connectivity index (χ3v) is 4.37. The highest BCUT2D eigenvalue weighted by atomic mass is 35.5. The Morgan fingerprint density at radius 1 is 1.33 bits per heavy atom. The normalized spacial score (nSPS) is 11.8. The molecule has 0 bridgehead atoms. The van der Waals surface area contributed by atoms with Crippen molar-refractivity contribution >= 4 is 28.6 Å². The van der Waals surface area contributed by atoms with E-state index in [0.29, 0.717) is 16.5 Å². The van der Waals surface area contributed by atoms with Gasteiger partial charge in [0.15, 0.2) is 0 Å². The minimum Gasteiger partial charge on any atom is -0.495 e. The average Bonchev–Trinajstić information content (AvgIpc) is 3.01. The van der Waals surface area contributed by atoms with Crippen LogP contribution in [-0.4, -0.2) is 14.2 Å². The van der Waals surface area contributed by atoms with E-state index < -0.39 is 0 Å². The first-order valence-corrected chi connectivity index (χ1v) is 7.77. The zero-order valence-corrected chi connectivity index (χ0v) is 13.6. The monoisotopic (exact) mass is 323 g/mol. The molecular weight excluding hydrogens is 306 g/mol. The van der Waals surface area contributed by atoms with Gasteiger partial charge in [0.1, 0.15) is 11.5 Å². The zero-order valence-electron chi connectivity index (χ0n) is 12.1. The van der Waals surface area contributed by atoms with E-state index >= 15 is 0 Å². The van der Waals surface area contributed by atoms with Gasteiger partial charge < -0.3 is 14.8 Å². The molecule has 1 atom stereocenters. The lowest BCUT2D eigenvalue weighted by Gasteiger charge is -2.20. The summed E-state index contributed by atoms with van der Waals surface area (Å²) in [6.45, 7) is 3.83. The summed E-state index contributed by atoms with van der Waals surface area (Å²) in [7, 11) is 3.21. The quantitative estimate of drug-likeness (QED) is 0.715. The lowest BCUT2D eigenvalue weighted by atomic mass is 10.1. The third-order valence-electron chi connectivity index (χ3n) is 3.09. The summed E-state index contributed by atoms with van der Waals surface area (Å²) in [5, 5.41) is 6.07. The molecule has 1 unspecified atom stereocenters. The van der Waals surface area contributed by atoms with Crippen molar-refractivity contribution in [3.8, 4) is 11.5 Å². The number of benzene rings is 1. The maximum Gasteiger partial charge on any atom is 0.145 e. The summed E-state index contributed by atoms with van der Waals surface area (Å²) in [4.78, 5) is 1.24. The van der Waals surface area contributed by atoms with Crippen molar-refractivity contribution in [3.63, 3.8) is 0 Å². The summed E-state index contributed by atoms with van der Waals surface area (Å²) >= 11 is 7.91. The van der Waals surface area contributed by atoms with Gasteiger partial charge in [0.25, 0.3) is 0 Å². The SMILES string of the molecule is C=CCC(Nc1cc(Cl)c(OC)cc1OC)c1cccs1. The Hall–Kier alpha value is -1.65. The van der Waals surface area contributed by atoms with Crippen LogP contribution in [0.25, 0.3) is 0 Å². The highest BCUT2D eigenvalue weighted by Gasteiger charge is 2.15. The van der Waals surface area contributed by atoms with Gasteiger partial charge in [0.05, 0.1) is 31.0 Å². The average molecular weight is 324 g/mol. The van der Waals surface area contributed by atoms with Gasteiger partial charge in [-0.2, -0.15) is 0 Å². The van der Waals surface area contributed by atoms with E-state index in [2.05, 4.69) is 23.3 Å². The van der Waals surface area contributed by atoms with Crippen molar-refractivity contribution in [2.75, 3.05) is 19.5 Å². The summed E-state index contributed by atoms with van der Waals surface area (Å²) < 4.78 is 10.6. The standard InChI is InChI=1S/C16H18ClNO2S/c1-4-6-12(16-7-5-8-21-16)18-13-9-11(17)14(19-2)10-15(13)20-3/h4-5,7-10,12,18H,1,6H2,2-3H3. The molecule has 112 valence electrons. The molecule has 0 fully saturated rings. The lowest BCUT2D eigenvalue weighted by molar-refractivity contribution is 0.395. The minimum absolute atomic E-state index is 0.140. The number of ether oxygens (including phenoxy) is 2. The van der Waals surface area contributed by atoms with E-state index in [-0.39, 0.29) is 6.04 Å². The molecule has 1 aromatic carbocycles. The summed E-state index contributed by atoms with van der Waals surface area (Å²) in [5.74, 6) is 1.29. The second kappa shape index (κ2) is 7.38. The summed E-state index contributed by atoms with van der Waals surface area (Å²) in [5.41, 5.74) is 0.837. The minimum atomic E-state index is 0.140. The van der Waals surface area contributed by atoms with Crippen LogP contribution in [0.2, 0.25) is 5.02 Å². The topological polar surface area (TPSA) is 30.5 Å². The lowest BCUT2D eigenvalue weighted by Crippen LogP contribution is -2.09. The zero-order chi connectivity index (χ0) is 15.2. The number of methoxy groups -OCH3 is 2. The number of hydrogen-bond donors (Lipinski definition) is 1. The Labute approximate surface area is 134 Å². The second-order valence-corrected chi connectivity index (χ2v) is 5.81. The van der Waals surface area contributed by atoms with Crippen LogP contribution in [0.5, 0.6) is 11.5 Å². The van der Waals surface area contributed by atoms with Crippen LogP contribution in [0.4, 0.5) is 5.69 Å². The second-order valence-electron chi connectivity index (χ2n) is 4.42. The Bertz CT molecular complexity index is 599. The van der Waals surface area contributed by atoms with Gasteiger partial charge >= 0.3 is 0 Å². The number of hydrogen-bond acceptors (Lipinski definition) is 4. The van der Waals surface area contributed by atoms with Crippen LogP contribution in [0.3, 0.4) is 0 Å². The van der Waals surface area contributed by atoms with Gasteiger partial charge in [-0.25, -0.2) is 0 Å². The molecule has 0 saturated heterocycles. The molecule has 0 aliphatic rings. The molecule has 3 nitrogen and oxygen atoms in total. The first-order valence-electron chi connectivity index (χ1n) is 6.52. The van der Waals surface area contributed by atoms with Crippen molar-refractivity contribution in [2.24, 2.45) is 0 Å². The molecule has 0 spiro atoms. The number of anilines is 1. The van der Waals surface area contributed by atoms with Crippen LogP contribution >= 0.6 is 22.9 Å². The van der Waals surface area contributed by atoms with E-state index in [9.17, 15) is 0 Å². The first kappa shape index (κ1) is 15.7. The van der Waals surface area contributed by atoms with Crippen LogP contribution in [-0.2, 0) is 0 Å². The molecule has 1 heterocycles. The van der Waals surface area contributed by atoms with Gasteiger partial charge in [0, 0.05) is 10.9 Å². The van der Waals surface area contributed by atoms with Crippen LogP contribution in [0.15, 0.2) is 42.3 Å². The van der Waals surface area contributed by atoms with Crippen molar-refractivity contribution < 1.29 is 9.47 Å². The molecule has 2 rings (SSSR count). The summed E-state index contributed by atoms with van der Waals surface area (Å²) in [6, 6.07) is 7.88. The number of rotatable bonds is 7. The van der Waals surface area contributed by atoms with E-state index in [1.165, 1.54) is 4.88 Å². The van der Waals surface area contributed by atoms with Gasteiger partial charge in [-0.1, -0.05) is 23.7 Å². The predicted octanol–water partition coefficient (Wildman–Crippen LogP) is 5.15. The Balaban J connectivity index is 2.32. The largest absolute Gasteiger partial charge is 0.495 e. The van der Waals surface area contributed by atoms with E-state index in [1.807, 2.05) is 18.2 Å². The van der Waals surface area contributed by atoms with E-state index in [0.717, 1.165) is 12.1 Å². The third kappa shape index (κ3) is 3.71. The predicted molar refractivity (Wildman–Crippen MR) is 90.1 cm³/mol. The van der Waals surface area contributed by atoms with E-state index in [1.54, 1.807) is 31.6 Å². The fourth-order valence-corrected chi connectivity index (χ4v) is 3.09. The molecule has 5 heteroatoms. The molecule has 0 saturated carbocycles. The van der Waals surface area contributed by atoms with Crippen molar-refractivity contribution in [1.29, 1.82) is 0 Å². The Morgan fingerprint density at radius 2 is 2.10 bits per heavy atom. The molecular formula is C16H18ClNO2S. The van der Waals surface area contributed by atoms with Gasteiger partial charge in [0.2, 0.25) is 0 Å². The molecule has 21 heavy (non-hydrogen) atoms. The van der Waals surface area contributed by atoms with Gasteiger partial charge in [-0.15, -0.1) is 17.9 Å². The molecule has 0 radical (unpaired) electrons. The molecule has 0 aliphatic carbocycles. The molecule has 1 aromatic heterocycles. The number of thiophene rings is 1. The van der Waals surface area contributed by atoms with Gasteiger partial charge in [-0.3, -0.25) is 0 Å². The van der Waals surface area contributed by atoms with Crippen LogP contribution in [0.1, 0.15) is 17.3 Å². The number of nitrogens with one attached hydrogen (secondary N) is 1. The first-order chi connectivity index (χ1) is 10.2. The molecule has 1 N–H and O–H groups in total.